The van der Waals surface area contributed by atoms with Crippen LogP contribution in [0.5, 0.6) is 5.75 Å². The molecule has 1 atom stereocenters. The monoisotopic (exact) mass is 401 g/mol. The van der Waals surface area contributed by atoms with Crippen LogP contribution in [0.2, 0.25) is 0 Å². The number of anilines is 1. The predicted molar refractivity (Wildman–Crippen MR) is 107 cm³/mol. The van der Waals surface area contributed by atoms with Crippen LogP contribution in [0.4, 0.5) is 11.4 Å². The number of amides is 2. The SMILES string of the molecule is COc1ccc(NC(=O)C2CSCN2C(=O)c2ccc(C)c([N+](=O)[O-])c2)cc1. The van der Waals surface area contributed by atoms with Crippen LogP contribution in [-0.4, -0.2) is 46.4 Å². The van der Waals surface area contributed by atoms with Crippen molar-refractivity contribution in [2.45, 2.75) is 13.0 Å². The van der Waals surface area contributed by atoms with Gasteiger partial charge >= 0.3 is 0 Å². The van der Waals surface area contributed by atoms with Crippen molar-refractivity contribution in [2.24, 2.45) is 0 Å². The van der Waals surface area contributed by atoms with Gasteiger partial charge in [-0.1, -0.05) is 6.07 Å². The number of ether oxygens (including phenoxy) is 1. The summed E-state index contributed by atoms with van der Waals surface area (Å²) in [5.41, 5.74) is 1.16. The second-order valence-electron chi connectivity index (χ2n) is 6.27. The highest BCUT2D eigenvalue weighted by molar-refractivity contribution is 7.99. The first-order valence-corrected chi connectivity index (χ1v) is 9.65. The maximum absolute atomic E-state index is 12.9. The zero-order valence-corrected chi connectivity index (χ0v) is 16.2. The van der Waals surface area contributed by atoms with Crippen molar-refractivity contribution in [1.29, 1.82) is 0 Å². The molecule has 1 N–H and O–H groups in total. The number of nitro groups is 1. The van der Waals surface area contributed by atoms with Gasteiger partial charge in [-0.15, -0.1) is 11.8 Å². The fraction of sp³-hybridized carbons (Fsp3) is 0.263. The molecule has 0 saturated carbocycles. The number of hydrogen-bond donors (Lipinski definition) is 1. The van der Waals surface area contributed by atoms with Gasteiger partial charge in [0.25, 0.3) is 11.6 Å². The maximum atomic E-state index is 12.9. The largest absolute Gasteiger partial charge is 0.497 e. The summed E-state index contributed by atoms with van der Waals surface area (Å²) < 4.78 is 5.09. The number of hydrogen-bond acceptors (Lipinski definition) is 6. The number of rotatable bonds is 5. The molecule has 1 heterocycles. The fourth-order valence-corrected chi connectivity index (χ4v) is 4.02. The van der Waals surface area contributed by atoms with Gasteiger partial charge in [-0.05, 0) is 37.3 Å². The van der Waals surface area contributed by atoms with Crippen LogP contribution in [-0.2, 0) is 4.79 Å². The summed E-state index contributed by atoms with van der Waals surface area (Å²) in [5.74, 6) is 0.781. The van der Waals surface area contributed by atoms with Gasteiger partial charge in [0.05, 0.1) is 17.9 Å². The topological polar surface area (TPSA) is 102 Å². The quantitative estimate of drug-likeness (QED) is 0.610. The molecule has 1 aliphatic rings. The Hall–Kier alpha value is -3.07. The molecule has 0 aromatic heterocycles. The third kappa shape index (κ3) is 4.09. The number of nitro benzene ring substituents is 1. The number of nitrogens with one attached hydrogen (secondary N) is 1. The summed E-state index contributed by atoms with van der Waals surface area (Å²) in [7, 11) is 1.56. The number of methoxy groups -OCH3 is 1. The van der Waals surface area contributed by atoms with Gasteiger partial charge in [0.15, 0.2) is 0 Å². The molecule has 9 heteroatoms. The van der Waals surface area contributed by atoms with Crippen molar-refractivity contribution >= 4 is 35.0 Å². The summed E-state index contributed by atoms with van der Waals surface area (Å²) in [4.78, 5) is 37.6. The van der Waals surface area contributed by atoms with Gasteiger partial charge < -0.3 is 15.0 Å². The van der Waals surface area contributed by atoms with Gasteiger partial charge in [0.1, 0.15) is 11.8 Å². The van der Waals surface area contributed by atoms with E-state index in [-0.39, 0.29) is 17.2 Å². The Balaban J connectivity index is 1.76. The number of carbonyl (C=O) groups is 2. The average Bonchev–Trinajstić information content (AvgIpc) is 3.18. The van der Waals surface area contributed by atoms with E-state index in [2.05, 4.69) is 5.32 Å². The Labute approximate surface area is 166 Å². The van der Waals surface area contributed by atoms with E-state index >= 15 is 0 Å². The molecule has 0 spiro atoms. The van der Waals surface area contributed by atoms with Crippen LogP contribution >= 0.6 is 11.8 Å². The van der Waals surface area contributed by atoms with Crippen molar-refractivity contribution in [3.63, 3.8) is 0 Å². The molecule has 28 heavy (non-hydrogen) atoms. The Morgan fingerprint density at radius 1 is 1.25 bits per heavy atom. The Kier molecular flexibility index (Phi) is 5.84. The molecule has 1 fully saturated rings. The lowest BCUT2D eigenvalue weighted by atomic mass is 10.1. The molecule has 1 saturated heterocycles. The maximum Gasteiger partial charge on any atom is 0.273 e. The molecule has 2 aromatic rings. The van der Waals surface area contributed by atoms with Crippen LogP contribution in [0, 0.1) is 17.0 Å². The lowest BCUT2D eigenvalue weighted by molar-refractivity contribution is -0.385. The lowest BCUT2D eigenvalue weighted by Crippen LogP contribution is -2.44. The minimum atomic E-state index is -0.653. The first kappa shape index (κ1) is 19.7. The van der Waals surface area contributed by atoms with Gasteiger partial charge in [0.2, 0.25) is 5.91 Å². The first-order valence-electron chi connectivity index (χ1n) is 8.49. The number of aryl methyl sites for hydroxylation is 1. The normalized spacial score (nSPS) is 15.9. The zero-order valence-electron chi connectivity index (χ0n) is 15.4. The van der Waals surface area contributed by atoms with Crippen molar-refractivity contribution in [2.75, 3.05) is 24.1 Å². The molecule has 1 unspecified atom stereocenters. The van der Waals surface area contributed by atoms with Gasteiger partial charge in [0, 0.05) is 28.6 Å². The summed E-state index contributed by atoms with van der Waals surface area (Å²) in [6.45, 7) is 1.61. The molecule has 2 aromatic carbocycles. The molecule has 0 radical (unpaired) electrons. The highest BCUT2D eigenvalue weighted by atomic mass is 32.2. The first-order chi connectivity index (χ1) is 13.4. The third-order valence-corrected chi connectivity index (χ3v) is 5.47. The minimum Gasteiger partial charge on any atom is -0.497 e. The number of benzene rings is 2. The minimum absolute atomic E-state index is 0.114. The molecule has 0 aliphatic carbocycles. The van der Waals surface area contributed by atoms with E-state index in [1.165, 1.54) is 22.7 Å². The molecule has 0 bridgehead atoms. The Morgan fingerprint density at radius 2 is 1.96 bits per heavy atom. The van der Waals surface area contributed by atoms with E-state index in [1.807, 2.05) is 0 Å². The van der Waals surface area contributed by atoms with E-state index in [0.717, 1.165) is 0 Å². The molecule has 3 rings (SSSR count). The molecule has 1 aliphatic heterocycles. The van der Waals surface area contributed by atoms with Crippen molar-refractivity contribution in [3.8, 4) is 5.75 Å². The number of carbonyl (C=O) groups excluding carboxylic acids is 2. The van der Waals surface area contributed by atoms with Crippen LogP contribution in [0.15, 0.2) is 42.5 Å². The van der Waals surface area contributed by atoms with Crippen molar-refractivity contribution < 1.29 is 19.2 Å². The summed E-state index contributed by atoms with van der Waals surface area (Å²) >= 11 is 1.46. The van der Waals surface area contributed by atoms with E-state index in [9.17, 15) is 19.7 Å². The Bertz CT molecular complexity index is 916. The van der Waals surface area contributed by atoms with Crippen LogP contribution < -0.4 is 10.1 Å². The van der Waals surface area contributed by atoms with Crippen molar-refractivity contribution in [1.82, 2.24) is 4.90 Å². The predicted octanol–water partition coefficient (Wildman–Crippen LogP) is 3.07. The molecular formula is C19H19N3O5S. The molecular weight excluding hydrogens is 382 g/mol. The Morgan fingerprint density at radius 3 is 2.61 bits per heavy atom. The zero-order chi connectivity index (χ0) is 20.3. The summed E-state index contributed by atoms with van der Waals surface area (Å²) in [5, 5.41) is 13.9. The smallest absolute Gasteiger partial charge is 0.273 e. The summed E-state index contributed by atoms with van der Waals surface area (Å²) in [6, 6.07) is 10.6. The van der Waals surface area contributed by atoms with E-state index in [1.54, 1.807) is 50.4 Å². The second-order valence-corrected chi connectivity index (χ2v) is 7.27. The summed E-state index contributed by atoms with van der Waals surface area (Å²) in [6.07, 6.45) is 0. The van der Waals surface area contributed by atoms with Crippen LogP contribution in [0.1, 0.15) is 15.9 Å². The van der Waals surface area contributed by atoms with E-state index in [4.69, 9.17) is 4.74 Å². The van der Waals surface area contributed by atoms with Crippen molar-refractivity contribution in [3.05, 3.63) is 63.7 Å². The molecule has 8 nitrogen and oxygen atoms in total. The molecule has 2 amide bonds. The van der Waals surface area contributed by atoms with Crippen LogP contribution in [0.3, 0.4) is 0 Å². The fourth-order valence-electron chi connectivity index (χ4n) is 2.86. The second kappa shape index (κ2) is 8.30. The third-order valence-electron chi connectivity index (χ3n) is 4.46. The standard InChI is InChI=1S/C19H19N3O5S/c1-12-3-4-13(9-16(12)22(25)26)19(24)21-11-28-10-17(21)18(23)20-14-5-7-15(27-2)8-6-14/h3-9,17H,10-11H2,1-2H3,(H,20,23). The van der Waals surface area contributed by atoms with E-state index < -0.39 is 16.9 Å². The lowest BCUT2D eigenvalue weighted by Gasteiger charge is -2.23. The van der Waals surface area contributed by atoms with E-state index in [0.29, 0.717) is 28.6 Å². The average molecular weight is 401 g/mol. The molecule has 146 valence electrons. The number of thioether (sulfide) groups is 1. The van der Waals surface area contributed by atoms with Gasteiger partial charge in [-0.3, -0.25) is 19.7 Å². The number of nitrogens with zero attached hydrogens (tertiary/aromatic N) is 2. The van der Waals surface area contributed by atoms with Gasteiger partial charge in [-0.2, -0.15) is 0 Å². The van der Waals surface area contributed by atoms with Gasteiger partial charge in [-0.25, -0.2) is 0 Å². The highest BCUT2D eigenvalue weighted by Gasteiger charge is 2.35. The van der Waals surface area contributed by atoms with Crippen LogP contribution in [0.25, 0.3) is 0 Å². The highest BCUT2D eigenvalue weighted by Crippen LogP contribution is 2.27.